The molecule has 1 saturated heterocycles. The standard InChI is InChI=1S/C13H18FN3O3/c14-12-5-9(13(15)17-18)1-2-10(12)6-16-7-11-8-19-3-4-20-11/h1-2,5,11,16,18H,3-4,6-8H2,(H2,15,17). The molecule has 1 atom stereocenters. The Morgan fingerprint density at radius 3 is 3.00 bits per heavy atom. The molecule has 1 heterocycles. The van der Waals surface area contributed by atoms with Crippen molar-refractivity contribution in [1.29, 1.82) is 0 Å². The van der Waals surface area contributed by atoms with Gasteiger partial charge < -0.3 is 25.7 Å². The van der Waals surface area contributed by atoms with E-state index in [4.69, 9.17) is 20.4 Å². The average molecular weight is 283 g/mol. The zero-order chi connectivity index (χ0) is 14.4. The summed E-state index contributed by atoms with van der Waals surface area (Å²) < 4.78 is 24.6. The quantitative estimate of drug-likeness (QED) is 0.315. The number of hydrogen-bond donors (Lipinski definition) is 3. The minimum Gasteiger partial charge on any atom is -0.409 e. The number of halogens is 1. The van der Waals surface area contributed by atoms with Crippen LogP contribution in [0, 0.1) is 5.82 Å². The van der Waals surface area contributed by atoms with Gasteiger partial charge in [0.2, 0.25) is 0 Å². The lowest BCUT2D eigenvalue weighted by Gasteiger charge is -2.23. The van der Waals surface area contributed by atoms with Gasteiger partial charge in [-0.3, -0.25) is 0 Å². The van der Waals surface area contributed by atoms with Gasteiger partial charge in [-0.1, -0.05) is 17.3 Å². The molecule has 1 fully saturated rings. The van der Waals surface area contributed by atoms with Crippen LogP contribution in [0.4, 0.5) is 4.39 Å². The molecule has 0 spiro atoms. The smallest absolute Gasteiger partial charge is 0.170 e. The molecule has 7 heteroatoms. The predicted molar refractivity (Wildman–Crippen MR) is 71.2 cm³/mol. The Bertz CT molecular complexity index is 476. The Morgan fingerprint density at radius 2 is 2.35 bits per heavy atom. The molecule has 0 saturated carbocycles. The van der Waals surface area contributed by atoms with Gasteiger partial charge in [0.05, 0.1) is 25.9 Å². The molecule has 20 heavy (non-hydrogen) atoms. The molecule has 1 aromatic rings. The molecule has 2 rings (SSSR count). The third kappa shape index (κ3) is 3.89. The van der Waals surface area contributed by atoms with E-state index in [0.29, 0.717) is 44.0 Å². The number of benzene rings is 1. The fourth-order valence-electron chi connectivity index (χ4n) is 1.93. The van der Waals surface area contributed by atoms with Gasteiger partial charge in [0, 0.05) is 24.2 Å². The van der Waals surface area contributed by atoms with Crippen LogP contribution in [-0.2, 0) is 16.0 Å². The molecular formula is C13H18FN3O3. The van der Waals surface area contributed by atoms with Crippen LogP contribution in [0.5, 0.6) is 0 Å². The van der Waals surface area contributed by atoms with Crippen LogP contribution in [0.1, 0.15) is 11.1 Å². The van der Waals surface area contributed by atoms with Gasteiger partial charge >= 0.3 is 0 Å². The Hall–Kier alpha value is -1.70. The number of nitrogens with zero attached hydrogens (tertiary/aromatic N) is 1. The molecule has 0 aromatic heterocycles. The van der Waals surface area contributed by atoms with Crippen molar-refractivity contribution in [2.75, 3.05) is 26.4 Å². The van der Waals surface area contributed by atoms with E-state index in [1.165, 1.54) is 6.07 Å². The number of rotatable bonds is 5. The first-order chi connectivity index (χ1) is 9.70. The normalized spacial score (nSPS) is 20.1. The van der Waals surface area contributed by atoms with E-state index in [9.17, 15) is 4.39 Å². The number of oxime groups is 1. The molecule has 6 nitrogen and oxygen atoms in total. The van der Waals surface area contributed by atoms with Gasteiger partial charge in [0.1, 0.15) is 5.82 Å². The fraction of sp³-hybridized carbons (Fsp3) is 0.462. The van der Waals surface area contributed by atoms with Crippen LogP contribution >= 0.6 is 0 Å². The molecule has 1 aliphatic heterocycles. The molecule has 1 aliphatic rings. The predicted octanol–water partition coefficient (Wildman–Crippen LogP) is 0.425. The first-order valence-corrected chi connectivity index (χ1v) is 6.37. The van der Waals surface area contributed by atoms with Gasteiger partial charge in [-0.05, 0) is 6.07 Å². The summed E-state index contributed by atoms with van der Waals surface area (Å²) >= 11 is 0. The second-order valence-corrected chi connectivity index (χ2v) is 4.49. The van der Waals surface area contributed by atoms with E-state index < -0.39 is 5.82 Å². The zero-order valence-corrected chi connectivity index (χ0v) is 11.0. The van der Waals surface area contributed by atoms with Crippen molar-refractivity contribution in [2.45, 2.75) is 12.6 Å². The Morgan fingerprint density at radius 1 is 1.50 bits per heavy atom. The third-order valence-corrected chi connectivity index (χ3v) is 3.03. The molecule has 0 bridgehead atoms. The van der Waals surface area contributed by atoms with Crippen molar-refractivity contribution in [1.82, 2.24) is 5.32 Å². The average Bonchev–Trinajstić information content (AvgIpc) is 2.49. The fourth-order valence-corrected chi connectivity index (χ4v) is 1.93. The second-order valence-electron chi connectivity index (χ2n) is 4.49. The van der Waals surface area contributed by atoms with E-state index in [-0.39, 0.29) is 11.9 Å². The number of hydrogen-bond acceptors (Lipinski definition) is 5. The van der Waals surface area contributed by atoms with E-state index >= 15 is 0 Å². The van der Waals surface area contributed by atoms with Gasteiger partial charge in [0.25, 0.3) is 0 Å². The second kappa shape index (κ2) is 7.18. The molecule has 1 unspecified atom stereocenters. The number of amidine groups is 1. The minimum atomic E-state index is -0.401. The van der Waals surface area contributed by atoms with Crippen molar-refractivity contribution in [3.8, 4) is 0 Å². The maximum Gasteiger partial charge on any atom is 0.170 e. The van der Waals surface area contributed by atoms with Crippen molar-refractivity contribution in [3.63, 3.8) is 0 Å². The minimum absolute atomic E-state index is 0.00301. The summed E-state index contributed by atoms with van der Waals surface area (Å²) in [5.41, 5.74) is 6.25. The van der Waals surface area contributed by atoms with E-state index in [1.807, 2.05) is 0 Å². The number of nitrogens with one attached hydrogen (secondary N) is 1. The lowest BCUT2D eigenvalue weighted by molar-refractivity contribution is -0.0864. The molecular weight excluding hydrogens is 265 g/mol. The van der Waals surface area contributed by atoms with E-state index in [2.05, 4.69) is 10.5 Å². The van der Waals surface area contributed by atoms with E-state index in [1.54, 1.807) is 12.1 Å². The molecule has 0 radical (unpaired) electrons. The van der Waals surface area contributed by atoms with Gasteiger partial charge in [0.15, 0.2) is 5.84 Å². The molecule has 1 aromatic carbocycles. The monoisotopic (exact) mass is 283 g/mol. The lowest BCUT2D eigenvalue weighted by atomic mass is 10.1. The number of nitrogens with two attached hydrogens (primary N) is 1. The largest absolute Gasteiger partial charge is 0.409 e. The topological polar surface area (TPSA) is 89.1 Å². The Labute approximate surface area is 116 Å². The van der Waals surface area contributed by atoms with Crippen LogP contribution in [0.15, 0.2) is 23.4 Å². The summed E-state index contributed by atoms with van der Waals surface area (Å²) in [6, 6.07) is 4.45. The van der Waals surface area contributed by atoms with E-state index in [0.717, 1.165) is 0 Å². The van der Waals surface area contributed by atoms with Crippen molar-refractivity contribution < 1.29 is 19.1 Å². The Kier molecular flexibility index (Phi) is 5.28. The van der Waals surface area contributed by atoms with Crippen LogP contribution in [-0.4, -0.2) is 43.5 Å². The summed E-state index contributed by atoms with van der Waals surface area (Å²) in [6.07, 6.45) is 0.00301. The maximum absolute atomic E-state index is 13.8. The zero-order valence-electron chi connectivity index (χ0n) is 11.0. The first kappa shape index (κ1) is 14.7. The summed E-state index contributed by atoms with van der Waals surface area (Å²) in [5.74, 6) is -0.515. The van der Waals surface area contributed by atoms with Crippen molar-refractivity contribution >= 4 is 5.84 Å². The highest BCUT2D eigenvalue weighted by atomic mass is 19.1. The van der Waals surface area contributed by atoms with Crippen LogP contribution in [0.25, 0.3) is 0 Å². The third-order valence-electron chi connectivity index (χ3n) is 3.03. The van der Waals surface area contributed by atoms with Gasteiger partial charge in [-0.15, -0.1) is 0 Å². The molecule has 110 valence electrons. The van der Waals surface area contributed by atoms with Crippen LogP contribution < -0.4 is 11.1 Å². The highest BCUT2D eigenvalue weighted by Gasteiger charge is 2.14. The number of ether oxygens (including phenoxy) is 2. The summed E-state index contributed by atoms with van der Waals surface area (Å²) in [6.45, 7) is 2.75. The summed E-state index contributed by atoms with van der Waals surface area (Å²) in [7, 11) is 0. The van der Waals surface area contributed by atoms with Gasteiger partial charge in [-0.25, -0.2) is 4.39 Å². The van der Waals surface area contributed by atoms with Crippen LogP contribution in [0.3, 0.4) is 0 Å². The lowest BCUT2D eigenvalue weighted by Crippen LogP contribution is -2.37. The first-order valence-electron chi connectivity index (χ1n) is 6.37. The molecule has 0 amide bonds. The van der Waals surface area contributed by atoms with Crippen LogP contribution in [0.2, 0.25) is 0 Å². The summed E-state index contributed by atoms with van der Waals surface area (Å²) in [4.78, 5) is 0. The summed E-state index contributed by atoms with van der Waals surface area (Å²) in [5, 5.41) is 14.5. The highest BCUT2D eigenvalue weighted by Crippen LogP contribution is 2.10. The molecule has 0 aliphatic carbocycles. The SMILES string of the molecule is NC(=NO)c1ccc(CNCC2COCCO2)c(F)c1. The van der Waals surface area contributed by atoms with Crippen molar-refractivity contribution in [3.05, 3.63) is 35.1 Å². The maximum atomic E-state index is 13.8. The van der Waals surface area contributed by atoms with Crippen molar-refractivity contribution in [2.24, 2.45) is 10.9 Å². The highest BCUT2D eigenvalue weighted by molar-refractivity contribution is 5.97. The molecule has 4 N–H and O–H groups in total. The van der Waals surface area contributed by atoms with Gasteiger partial charge in [-0.2, -0.15) is 0 Å². The Balaban J connectivity index is 1.86.